The zero-order valence-electron chi connectivity index (χ0n) is 12.2. The summed E-state index contributed by atoms with van der Waals surface area (Å²) in [6.07, 6.45) is 2.67. The van der Waals surface area contributed by atoms with Crippen LogP contribution in [0.25, 0.3) is 0 Å². The number of imide groups is 1. The number of hydrogen-bond donors (Lipinski definition) is 3. The predicted octanol–water partition coefficient (Wildman–Crippen LogP) is 0.563. The highest BCUT2D eigenvalue weighted by Gasteiger charge is 2.10. The minimum absolute atomic E-state index is 0.203. The van der Waals surface area contributed by atoms with Crippen molar-refractivity contribution in [3.05, 3.63) is 0 Å². The van der Waals surface area contributed by atoms with Crippen molar-refractivity contribution in [1.82, 2.24) is 15.5 Å². The lowest BCUT2D eigenvalue weighted by Gasteiger charge is -2.16. The fourth-order valence-corrected chi connectivity index (χ4v) is 1.50. The Morgan fingerprint density at radius 2 is 1.89 bits per heavy atom. The molecule has 0 rings (SSSR count). The fourth-order valence-electron chi connectivity index (χ4n) is 1.50. The van der Waals surface area contributed by atoms with Crippen molar-refractivity contribution in [3.8, 4) is 0 Å². The number of hydrogen-bond acceptors (Lipinski definition) is 4. The molecule has 0 aromatic heterocycles. The Morgan fingerprint density at radius 1 is 1.21 bits per heavy atom. The molecule has 19 heavy (non-hydrogen) atoms. The van der Waals surface area contributed by atoms with Gasteiger partial charge in [-0.25, -0.2) is 4.79 Å². The number of rotatable bonds is 9. The lowest BCUT2D eigenvalue weighted by atomic mass is 10.2. The molecule has 0 atom stereocenters. The molecular weight excluding hydrogens is 246 g/mol. The zero-order chi connectivity index (χ0) is 14.7. The maximum atomic E-state index is 11.5. The summed E-state index contributed by atoms with van der Waals surface area (Å²) in [4.78, 5) is 24.8. The maximum Gasteiger partial charge on any atom is 0.321 e. The molecule has 6 heteroatoms. The second kappa shape index (κ2) is 10.8. The normalized spacial score (nSPS) is 10.8. The summed E-state index contributed by atoms with van der Waals surface area (Å²) in [6.45, 7) is 5.72. The average Bonchev–Trinajstić information content (AvgIpc) is 2.32. The molecule has 3 amide bonds. The quantitative estimate of drug-likeness (QED) is 0.536. The van der Waals surface area contributed by atoms with Crippen LogP contribution in [0.15, 0.2) is 0 Å². The van der Waals surface area contributed by atoms with Gasteiger partial charge in [0.2, 0.25) is 5.91 Å². The van der Waals surface area contributed by atoms with Crippen molar-refractivity contribution >= 4 is 11.9 Å². The van der Waals surface area contributed by atoms with Gasteiger partial charge in [0.05, 0.1) is 6.54 Å². The number of urea groups is 1. The van der Waals surface area contributed by atoms with Gasteiger partial charge in [0.1, 0.15) is 0 Å². The highest BCUT2D eigenvalue weighted by molar-refractivity contribution is 5.95. The average molecular weight is 273 g/mol. The van der Waals surface area contributed by atoms with Gasteiger partial charge < -0.3 is 10.4 Å². The van der Waals surface area contributed by atoms with Crippen LogP contribution >= 0.6 is 0 Å². The molecule has 0 bridgehead atoms. The number of nitrogens with one attached hydrogen (secondary N) is 2. The largest absolute Gasteiger partial charge is 0.396 e. The molecule has 112 valence electrons. The van der Waals surface area contributed by atoms with E-state index in [1.165, 1.54) is 0 Å². The van der Waals surface area contributed by atoms with E-state index in [4.69, 9.17) is 5.11 Å². The van der Waals surface area contributed by atoms with E-state index in [1.54, 1.807) is 0 Å². The molecule has 0 aliphatic heterocycles. The van der Waals surface area contributed by atoms with Crippen LogP contribution in [0.4, 0.5) is 4.79 Å². The van der Waals surface area contributed by atoms with Gasteiger partial charge in [0, 0.05) is 13.2 Å². The molecular formula is C13H27N3O3. The van der Waals surface area contributed by atoms with Gasteiger partial charge in [-0.3, -0.25) is 15.0 Å². The van der Waals surface area contributed by atoms with E-state index < -0.39 is 6.03 Å². The summed E-state index contributed by atoms with van der Waals surface area (Å²) in [5.74, 6) is 0.0564. The molecule has 0 aromatic carbocycles. The third-order valence-electron chi connectivity index (χ3n) is 2.54. The summed E-state index contributed by atoms with van der Waals surface area (Å²) in [5.41, 5.74) is 0. The van der Waals surface area contributed by atoms with Crippen LogP contribution in [-0.2, 0) is 4.79 Å². The second-order valence-electron chi connectivity index (χ2n) is 5.17. The third-order valence-corrected chi connectivity index (χ3v) is 2.54. The Kier molecular flexibility index (Phi) is 10.1. The fraction of sp³-hybridized carbons (Fsp3) is 0.846. The van der Waals surface area contributed by atoms with Crippen LogP contribution in [0.1, 0.15) is 33.1 Å². The van der Waals surface area contributed by atoms with Crippen LogP contribution in [-0.4, -0.2) is 55.2 Å². The number of aliphatic hydroxyl groups excluding tert-OH is 1. The van der Waals surface area contributed by atoms with Crippen molar-refractivity contribution in [2.45, 2.75) is 33.1 Å². The van der Waals surface area contributed by atoms with Gasteiger partial charge in [-0.05, 0) is 38.8 Å². The van der Waals surface area contributed by atoms with Crippen molar-refractivity contribution in [3.63, 3.8) is 0 Å². The Hall–Kier alpha value is -1.14. The summed E-state index contributed by atoms with van der Waals surface area (Å²) >= 11 is 0. The van der Waals surface area contributed by atoms with Crippen LogP contribution in [0.3, 0.4) is 0 Å². The molecule has 0 fully saturated rings. The van der Waals surface area contributed by atoms with Gasteiger partial charge in [-0.15, -0.1) is 0 Å². The summed E-state index contributed by atoms with van der Waals surface area (Å²) < 4.78 is 0. The van der Waals surface area contributed by atoms with Gasteiger partial charge >= 0.3 is 6.03 Å². The van der Waals surface area contributed by atoms with Crippen LogP contribution < -0.4 is 10.6 Å². The van der Waals surface area contributed by atoms with E-state index in [2.05, 4.69) is 10.6 Å². The predicted molar refractivity (Wildman–Crippen MR) is 74.8 cm³/mol. The van der Waals surface area contributed by atoms with Crippen LogP contribution in [0.2, 0.25) is 0 Å². The Bertz CT molecular complexity index is 270. The second-order valence-corrected chi connectivity index (χ2v) is 5.17. The molecule has 0 saturated carbocycles. The van der Waals surface area contributed by atoms with E-state index in [0.29, 0.717) is 12.5 Å². The topological polar surface area (TPSA) is 81.7 Å². The van der Waals surface area contributed by atoms with E-state index in [9.17, 15) is 9.59 Å². The van der Waals surface area contributed by atoms with Crippen molar-refractivity contribution < 1.29 is 14.7 Å². The van der Waals surface area contributed by atoms with Crippen molar-refractivity contribution in [1.29, 1.82) is 0 Å². The highest BCUT2D eigenvalue weighted by Crippen LogP contribution is 1.96. The Labute approximate surface area is 115 Å². The summed E-state index contributed by atoms with van der Waals surface area (Å²) in [7, 11) is 1.84. The first-order chi connectivity index (χ1) is 8.95. The monoisotopic (exact) mass is 273 g/mol. The number of amides is 3. The highest BCUT2D eigenvalue weighted by atomic mass is 16.3. The first-order valence-electron chi connectivity index (χ1n) is 6.82. The minimum atomic E-state index is -0.438. The first-order valence-corrected chi connectivity index (χ1v) is 6.82. The number of unbranched alkanes of at least 4 members (excludes halogenated alkanes) is 2. The first kappa shape index (κ1) is 17.9. The molecule has 0 aliphatic rings. The summed E-state index contributed by atoms with van der Waals surface area (Å²) in [5, 5.41) is 13.6. The van der Waals surface area contributed by atoms with E-state index in [0.717, 1.165) is 25.8 Å². The lowest BCUT2D eigenvalue weighted by molar-refractivity contribution is -0.120. The van der Waals surface area contributed by atoms with E-state index in [-0.39, 0.29) is 19.1 Å². The lowest BCUT2D eigenvalue weighted by Crippen LogP contribution is -2.44. The number of nitrogens with zero attached hydrogens (tertiary/aromatic N) is 1. The van der Waals surface area contributed by atoms with Gasteiger partial charge in [0.15, 0.2) is 0 Å². The van der Waals surface area contributed by atoms with Gasteiger partial charge in [-0.1, -0.05) is 13.8 Å². The molecule has 0 heterocycles. The number of aliphatic hydroxyl groups is 1. The Balaban J connectivity index is 3.69. The molecule has 0 aromatic rings. The van der Waals surface area contributed by atoms with Crippen molar-refractivity contribution in [2.24, 2.45) is 5.92 Å². The molecule has 6 nitrogen and oxygen atoms in total. The molecule has 0 spiro atoms. The Morgan fingerprint density at radius 3 is 2.47 bits per heavy atom. The third kappa shape index (κ3) is 11.7. The van der Waals surface area contributed by atoms with Crippen LogP contribution in [0.5, 0.6) is 0 Å². The molecule has 0 radical (unpaired) electrons. The standard InChI is InChI=1S/C13H27N3O3/c1-11(2)9-14-13(19)15-12(18)10-16(3)7-5-4-6-8-17/h11,17H,4-10H2,1-3H3,(H2,14,15,18,19). The van der Waals surface area contributed by atoms with Gasteiger partial charge in [-0.2, -0.15) is 0 Å². The molecule has 0 saturated heterocycles. The van der Waals surface area contributed by atoms with Gasteiger partial charge in [0.25, 0.3) is 0 Å². The summed E-state index contributed by atoms with van der Waals surface area (Å²) in [6, 6.07) is -0.438. The molecule has 3 N–H and O–H groups in total. The SMILES string of the molecule is CC(C)CNC(=O)NC(=O)CN(C)CCCCCO. The van der Waals surface area contributed by atoms with E-state index in [1.807, 2.05) is 25.8 Å². The van der Waals surface area contributed by atoms with Crippen molar-refractivity contribution in [2.75, 3.05) is 33.3 Å². The minimum Gasteiger partial charge on any atom is -0.396 e. The molecule has 0 unspecified atom stereocenters. The smallest absolute Gasteiger partial charge is 0.321 e. The zero-order valence-corrected chi connectivity index (χ0v) is 12.2. The maximum absolute atomic E-state index is 11.5. The number of carbonyl (C=O) groups excluding carboxylic acids is 2. The number of carbonyl (C=O) groups is 2. The molecule has 0 aliphatic carbocycles. The number of likely N-dealkylation sites (N-methyl/N-ethyl adjacent to an activating group) is 1. The van der Waals surface area contributed by atoms with E-state index >= 15 is 0 Å². The van der Waals surface area contributed by atoms with Crippen LogP contribution in [0, 0.1) is 5.92 Å².